The zero-order valence-corrected chi connectivity index (χ0v) is 14.8. The molecule has 0 saturated heterocycles. The summed E-state index contributed by atoms with van der Waals surface area (Å²) >= 11 is 2.72. The van der Waals surface area contributed by atoms with E-state index in [2.05, 4.69) is 15.9 Å². The van der Waals surface area contributed by atoms with Crippen molar-refractivity contribution in [3.8, 4) is 0 Å². The van der Waals surface area contributed by atoms with Gasteiger partial charge in [-0.15, -0.1) is 0 Å². The molecular weight excluding hydrogens is 282 g/mol. The SMILES string of the molecule is O=C([O-])CCC(Br)C(=O)[O-].[K+].[K+]. The predicted octanol–water partition coefficient (Wildman–Crippen LogP) is -7.96. The molecule has 0 bridgehead atoms. The van der Waals surface area contributed by atoms with Crippen molar-refractivity contribution in [1.29, 1.82) is 0 Å². The Balaban J connectivity index is -0.000000405. The van der Waals surface area contributed by atoms with Crippen molar-refractivity contribution in [2.45, 2.75) is 17.7 Å². The first-order chi connectivity index (χ1) is 4.54. The van der Waals surface area contributed by atoms with E-state index < -0.39 is 16.8 Å². The molecule has 1 atom stereocenters. The first-order valence-corrected chi connectivity index (χ1v) is 3.50. The monoisotopic (exact) mass is 286 g/mol. The zero-order valence-electron chi connectivity index (χ0n) is 7.00. The number of rotatable bonds is 4. The molecule has 0 aromatic rings. The van der Waals surface area contributed by atoms with Crippen LogP contribution >= 0.6 is 15.9 Å². The Morgan fingerprint density at radius 2 is 1.67 bits per heavy atom. The topological polar surface area (TPSA) is 80.3 Å². The largest absolute Gasteiger partial charge is 1.00 e. The molecule has 0 fully saturated rings. The van der Waals surface area contributed by atoms with E-state index in [1.165, 1.54) is 0 Å². The molecule has 0 aliphatic carbocycles. The van der Waals surface area contributed by atoms with Crippen LogP contribution < -0.4 is 113 Å². The Morgan fingerprint density at radius 1 is 1.25 bits per heavy atom. The maximum absolute atomic E-state index is 9.94. The van der Waals surface area contributed by atoms with Crippen molar-refractivity contribution in [3.63, 3.8) is 0 Å². The summed E-state index contributed by atoms with van der Waals surface area (Å²) < 4.78 is 0. The number of halogens is 1. The maximum atomic E-state index is 9.94. The molecule has 0 aromatic heterocycles. The summed E-state index contributed by atoms with van der Waals surface area (Å²) in [4.78, 5) is 18.8. The average Bonchev–Trinajstić information content (AvgIpc) is 1.82. The number of carboxylic acids is 2. The van der Waals surface area contributed by atoms with Crippen LogP contribution in [-0.2, 0) is 9.59 Å². The third-order valence-electron chi connectivity index (χ3n) is 0.858. The van der Waals surface area contributed by atoms with Gasteiger partial charge >= 0.3 is 103 Å². The summed E-state index contributed by atoms with van der Waals surface area (Å²) in [5.74, 6) is -2.56. The molecule has 12 heavy (non-hydrogen) atoms. The number of aliphatic carboxylic acids is 2. The van der Waals surface area contributed by atoms with Gasteiger partial charge in [-0.25, -0.2) is 0 Å². The van der Waals surface area contributed by atoms with E-state index in [0.29, 0.717) is 0 Å². The normalized spacial score (nSPS) is 10.4. The quantitative estimate of drug-likeness (QED) is 0.380. The molecule has 0 saturated carbocycles. The smallest absolute Gasteiger partial charge is 0.550 e. The second-order valence-corrected chi connectivity index (χ2v) is 2.80. The van der Waals surface area contributed by atoms with Gasteiger partial charge < -0.3 is 19.8 Å². The third kappa shape index (κ3) is 12.7. The van der Waals surface area contributed by atoms with Gasteiger partial charge in [-0.1, -0.05) is 15.9 Å². The first kappa shape index (κ1) is 20.1. The molecule has 4 nitrogen and oxygen atoms in total. The van der Waals surface area contributed by atoms with Crippen LogP contribution in [0.5, 0.6) is 0 Å². The number of hydrogen-bond donors (Lipinski definition) is 0. The Labute approximate surface area is 164 Å². The summed E-state index contributed by atoms with van der Waals surface area (Å²) in [5, 5.41) is 19.7. The van der Waals surface area contributed by atoms with Crippen LogP contribution in [0.15, 0.2) is 0 Å². The van der Waals surface area contributed by atoms with Gasteiger partial charge in [-0.3, -0.25) is 0 Å². The fourth-order valence-corrected chi connectivity index (χ4v) is 0.591. The van der Waals surface area contributed by atoms with E-state index in [-0.39, 0.29) is 116 Å². The minimum Gasteiger partial charge on any atom is -0.550 e. The van der Waals surface area contributed by atoms with Gasteiger partial charge in [0, 0.05) is 5.97 Å². The van der Waals surface area contributed by atoms with Crippen molar-refractivity contribution >= 4 is 27.9 Å². The molecule has 58 valence electrons. The van der Waals surface area contributed by atoms with Crippen molar-refractivity contribution in [3.05, 3.63) is 0 Å². The third-order valence-corrected chi connectivity index (χ3v) is 1.69. The van der Waals surface area contributed by atoms with E-state index in [1.807, 2.05) is 0 Å². The Kier molecular flexibility index (Phi) is 19.8. The fourth-order valence-electron chi connectivity index (χ4n) is 0.362. The predicted molar refractivity (Wildman–Crippen MR) is 32.0 cm³/mol. The zero-order chi connectivity index (χ0) is 8.15. The van der Waals surface area contributed by atoms with Crippen LogP contribution in [0.1, 0.15) is 12.8 Å². The number of hydrogen-bond acceptors (Lipinski definition) is 4. The summed E-state index contributed by atoms with van der Waals surface area (Å²) in [7, 11) is 0. The molecule has 0 rings (SSSR count). The molecule has 7 heteroatoms. The fraction of sp³-hybridized carbons (Fsp3) is 0.600. The van der Waals surface area contributed by atoms with Crippen LogP contribution in [0.4, 0.5) is 0 Å². The molecule has 0 radical (unpaired) electrons. The van der Waals surface area contributed by atoms with Crippen LogP contribution in [0, 0.1) is 0 Å². The second-order valence-electron chi connectivity index (χ2n) is 1.70. The standard InChI is InChI=1S/C5H7BrO4.2K/c6-3(5(9)10)1-2-4(7)8;;/h3H,1-2H2,(H,7,8)(H,9,10);;/q;2*+1/p-2. The van der Waals surface area contributed by atoms with Crippen molar-refractivity contribution in [1.82, 2.24) is 0 Å². The molecule has 1 unspecified atom stereocenters. The number of carboxylic acid groups (broad SMARTS) is 2. The summed E-state index contributed by atoms with van der Waals surface area (Å²) in [6.45, 7) is 0. The van der Waals surface area contributed by atoms with E-state index in [9.17, 15) is 19.8 Å². The molecule has 0 spiro atoms. The molecule has 0 aliphatic heterocycles. The van der Waals surface area contributed by atoms with Gasteiger partial charge in [-0.2, -0.15) is 0 Å². The number of carbonyl (C=O) groups is 2. The molecule has 0 aliphatic rings. The van der Waals surface area contributed by atoms with Gasteiger partial charge in [0.2, 0.25) is 0 Å². The minimum absolute atomic E-state index is 0. The Bertz CT molecular complexity index is 152. The van der Waals surface area contributed by atoms with Crippen molar-refractivity contribution < 1.29 is 123 Å². The molecule has 0 amide bonds. The van der Waals surface area contributed by atoms with Crippen LogP contribution in [-0.4, -0.2) is 16.8 Å². The van der Waals surface area contributed by atoms with Crippen molar-refractivity contribution in [2.75, 3.05) is 0 Å². The molecule has 0 aromatic carbocycles. The molecule has 0 heterocycles. The van der Waals surface area contributed by atoms with E-state index in [0.717, 1.165) is 0 Å². The van der Waals surface area contributed by atoms with Crippen LogP contribution in [0.2, 0.25) is 0 Å². The van der Waals surface area contributed by atoms with Gasteiger partial charge in [0.15, 0.2) is 0 Å². The van der Waals surface area contributed by atoms with Crippen LogP contribution in [0.25, 0.3) is 0 Å². The van der Waals surface area contributed by atoms with Gasteiger partial charge in [0.1, 0.15) is 0 Å². The average molecular weight is 287 g/mol. The van der Waals surface area contributed by atoms with E-state index in [4.69, 9.17) is 0 Å². The van der Waals surface area contributed by atoms with Gasteiger partial charge in [0.05, 0.1) is 10.8 Å². The summed E-state index contributed by atoms with van der Waals surface area (Å²) in [6, 6.07) is 0. The van der Waals surface area contributed by atoms with Gasteiger partial charge in [-0.05, 0) is 12.8 Å². The van der Waals surface area contributed by atoms with Crippen LogP contribution in [0.3, 0.4) is 0 Å². The number of alkyl halides is 1. The second kappa shape index (κ2) is 11.8. The summed E-state index contributed by atoms with van der Waals surface area (Å²) in [5.41, 5.74) is 0. The van der Waals surface area contributed by atoms with Crippen molar-refractivity contribution in [2.24, 2.45) is 0 Å². The maximum Gasteiger partial charge on any atom is 1.00 e. The Morgan fingerprint density at radius 3 is 1.92 bits per heavy atom. The summed E-state index contributed by atoms with van der Waals surface area (Å²) in [6.07, 6.45) is -0.283. The molecule has 0 N–H and O–H groups in total. The van der Waals surface area contributed by atoms with E-state index >= 15 is 0 Å². The first-order valence-electron chi connectivity index (χ1n) is 2.59. The molecular formula is C5H5BrK2O4. The Hall–Kier alpha value is 2.69. The van der Waals surface area contributed by atoms with Gasteiger partial charge in [0.25, 0.3) is 0 Å². The number of carbonyl (C=O) groups excluding carboxylic acids is 2. The minimum atomic E-state index is -1.30. The van der Waals surface area contributed by atoms with E-state index in [1.54, 1.807) is 0 Å².